The molecule has 2 heteroatoms. The maximum absolute atomic E-state index is 4.09. The van der Waals surface area contributed by atoms with Gasteiger partial charge in [-0.15, -0.1) is 0 Å². The highest BCUT2D eigenvalue weighted by molar-refractivity contribution is 5.53. The Balaban J connectivity index is 2.91. The highest BCUT2D eigenvalue weighted by atomic mass is 15.0. The van der Waals surface area contributed by atoms with E-state index in [4.69, 9.17) is 0 Å². The van der Waals surface area contributed by atoms with E-state index in [-0.39, 0.29) is 0 Å². The molecule has 0 aliphatic rings. The topological polar surface area (TPSA) is 15.6 Å². The first-order chi connectivity index (χ1) is 4.27. The van der Waals surface area contributed by atoms with E-state index < -0.39 is 0 Å². The zero-order valence-corrected chi connectivity index (χ0v) is 6.59. The minimum Gasteiger partial charge on any atom is -0.309 e. The SMILES string of the molecule is C/C=N/CCCN(C)C. The van der Waals surface area contributed by atoms with E-state index in [1.54, 1.807) is 0 Å². The third kappa shape index (κ3) is 7.63. The van der Waals surface area contributed by atoms with Gasteiger partial charge >= 0.3 is 0 Å². The lowest BCUT2D eigenvalue weighted by Gasteiger charge is -2.06. The first-order valence-electron chi connectivity index (χ1n) is 3.36. The molecule has 0 spiro atoms. The molecule has 0 N–H and O–H groups in total. The summed E-state index contributed by atoms with van der Waals surface area (Å²) in [5.41, 5.74) is 0. The molecule has 54 valence electrons. The molecule has 0 aromatic heterocycles. The smallest absolute Gasteiger partial charge is 0.0397 e. The highest BCUT2D eigenvalue weighted by Gasteiger charge is 1.86. The Labute approximate surface area is 57.6 Å². The van der Waals surface area contributed by atoms with Gasteiger partial charge in [-0.3, -0.25) is 4.99 Å². The fraction of sp³-hybridized carbons (Fsp3) is 0.857. The van der Waals surface area contributed by atoms with Gasteiger partial charge in [-0.2, -0.15) is 0 Å². The van der Waals surface area contributed by atoms with Crippen LogP contribution in [0.4, 0.5) is 0 Å². The summed E-state index contributed by atoms with van der Waals surface area (Å²) in [5, 5.41) is 0. The molecule has 0 heterocycles. The van der Waals surface area contributed by atoms with Crippen molar-refractivity contribution in [1.82, 2.24) is 4.90 Å². The molecule has 0 fully saturated rings. The lowest BCUT2D eigenvalue weighted by molar-refractivity contribution is 0.403. The summed E-state index contributed by atoms with van der Waals surface area (Å²) < 4.78 is 0. The molecule has 0 saturated carbocycles. The summed E-state index contributed by atoms with van der Waals surface area (Å²) in [6.07, 6.45) is 3.02. The molecule has 0 aliphatic heterocycles. The van der Waals surface area contributed by atoms with Crippen LogP contribution in [0.15, 0.2) is 4.99 Å². The number of hydrogen-bond donors (Lipinski definition) is 0. The molecular weight excluding hydrogens is 112 g/mol. The molecule has 0 amide bonds. The van der Waals surface area contributed by atoms with Crippen molar-refractivity contribution >= 4 is 6.21 Å². The van der Waals surface area contributed by atoms with Crippen LogP contribution in [0.5, 0.6) is 0 Å². The Kier molecular flexibility index (Phi) is 5.52. The molecular formula is C7H16N2. The highest BCUT2D eigenvalue weighted by Crippen LogP contribution is 1.82. The van der Waals surface area contributed by atoms with E-state index in [0.29, 0.717) is 0 Å². The van der Waals surface area contributed by atoms with Crippen LogP contribution in [0, 0.1) is 0 Å². The molecule has 0 aromatic rings. The van der Waals surface area contributed by atoms with Crippen molar-refractivity contribution in [3.05, 3.63) is 0 Å². The third-order valence-electron chi connectivity index (χ3n) is 1.08. The normalized spacial score (nSPS) is 11.6. The lowest BCUT2D eigenvalue weighted by Crippen LogP contribution is -2.13. The first-order valence-corrected chi connectivity index (χ1v) is 3.36. The van der Waals surface area contributed by atoms with Gasteiger partial charge in [0.2, 0.25) is 0 Å². The van der Waals surface area contributed by atoms with Crippen LogP contribution >= 0.6 is 0 Å². The van der Waals surface area contributed by atoms with Crippen LogP contribution in [-0.2, 0) is 0 Å². The van der Waals surface area contributed by atoms with Gasteiger partial charge in [-0.1, -0.05) is 0 Å². The quantitative estimate of drug-likeness (QED) is 0.408. The second kappa shape index (κ2) is 5.76. The summed E-state index contributed by atoms with van der Waals surface area (Å²) in [6, 6.07) is 0. The van der Waals surface area contributed by atoms with Crippen molar-refractivity contribution in [2.24, 2.45) is 4.99 Å². The van der Waals surface area contributed by atoms with Gasteiger partial charge in [0.1, 0.15) is 0 Å². The summed E-state index contributed by atoms with van der Waals surface area (Å²) >= 11 is 0. The standard InChI is InChI=1S/C7H16N2/c1-4-8-6-5-7-9(2)3/h4H,5-7H2,1-3H3/b8-4+. The van der Waals surface area contributed by atoms with Crippen LogP contribution in [0.1, 0.15) is 13.3 Å². The van der Waals surface area contributed by atoms with E-state index in [2.05, 4.69) is 24.0 Å². The lowest BCUT2D eigenvalue weighted by atomic mass is 10.4. The predicted octanol–water partition coefficient (Wildman–Crippen LogP) is 1.03. The van der Waals surface area contributed by atoms with Crippen LogP contribution in [0.3, 0.4) is 0 Å². The zero-order chi connectivity index (χ0) is 7.11. The van der Waals surface area contributed by atoms with Gasteiger partial charge in [0.05, 0.1) is 0 Å². The average molecular weight is 128 g/mol. The van der Waals surface area contributed by atoms with E-state index in [1.807, 2.05) is 13.1 Å². The van der Waals surface area contributed by atoms with Crippen LogP contribution in [-0.4, -0.2) is 38.3 Å². The number of rotatable bonds is 4. The minimum atomic E-state index is 0.967. The summed E-state index contributed by atoms with van der Waals surface area (Å²) in [6.45, 7) is 4.06. The molecule has 0 aliphatic carbocycles. The largest absolute Gasteiger partial charge is 0.309 e. The van der Waals surface area contributed by atoms with Crippen molar-refractivity contribution in [3.63, 3.8) is 0 Å². The monoisotopic (exact) mass is 128 g/mol. The summed E-state index contributed by atoms with van der Waals surface area (Å²) in [7, 11) is 4.16. The molecule has 0 rings (SSSR count). The maximum Gasteiger partial charge on any atom is 0.0397 e. The Morgan fingerprint density at radius 1 is 1.44 bits per heavy atom. The Morgan fingerprint density at radius 3 is 2.56 bits per heavy atom. The zero-order valence-electron chi connectivity index (χ0n) is 6.59. The number of nitrogens with zero attached hydrogens (tertiary/aromatic N) is 2. The molecule has 9 heavy (non-hydrogen) atoms. The molecule has 2 nitrogen and oxygen atoms in total. The van der Waals surface area contributed by atoms with Gasteiger partial charge in [0, 0.05) is 6.54 Å². The van der Waals surface area contributed by atoms with E-state index >= 15 is 0 Å². The number of hydrogen-bond acceptors (Lipinski definition) is 2. The predicted molar refractivity (Wildman–Crippen MR) is 42.2 cm³/mol. The molecule has 0 aromatic carbocycles. The molecule has 0 radical (unpaired) electrons. The van der Waals surface area contributed by atoms with Crippen molar-refractivity contribution in [1.29, 1.82) is 0 Å². The molecule has 0 bridgehead atoms. The Morgan fingerprint density at radius 2 is 2.11 bits per heavy atom. The number of aliphatic imine (C=N–C) groups is 1. The maximum atomic E-state index is 4.09. The Hall–Kier alpha value is -0.370. The van der Waals surface area contributed by atoms with E-state index in [1.165, 1.54) is 0 Å². The van der Waals surface area contributed by atoms with E-state index in [9.17, 15) is 0 Å². The molecule has 0 unspecified atom stereocenters. The van der Waals surface area contributed by atoms with Gasteiger partial charge < -0.3 is 4.90 Å². The van der Waals surface area contributed by atoms with E-state index in [0.717, 1.165) is 19.5 Å². The molecule has 0 saturated heterocycles. The van der Waals surface area contributed by atoms with Crippen molar-refractivity contribution < 1.29 is 0 Å². The van der Waals surface area contributed by atoms with Gasteiger partial charge in [0.15, 0.2) is 0 Å². The van der Waals surface area contributed by atoms with Gasteiger partial charge in [-0.25, -0.2) is 0 Å². The van der Waals surface area contributed by atoms with Crippen LogP contribution in [0.2, 0.25) is 0 Å². The fourth-order valence-corrected chi connectivity index (χ4v) is 0.607. The van der Waals surface area contributed by atoms with Crippen LogP contribution in [0.25, 0.3) is 0 Å². The van der Waals surface area contributed by atoms with Crippen molar-refractivity contribution in [2.75, 3.05) is 27.2 Å². The second-order valence-corrected chi connectivity index (χ2v) is 2.32. The average Bonchev–Trinajstić information content (AvgIpc) is 1.80. The first kappa shape index (κ1) is 8.63. The minimum absolute atomic E-state index is 0.967. The third-order valence-corrected chi connectivity index (χ3v) is 1.08. The fourth-order valence-electron chi connectivity index (χ4n) is 0.607. The Bertz CT molecular complexity index is 77.0. The van der Waals surface area contributed by atoms with Crippen LogP contribution < -0.4 is 0 Å². The van der Waals surface area contributed by atoms with Gasteiger partial charge in [0.25, 0.3) is 0 Å². The van der Waals surface area contributed by atoms with Gasteiger partial charge in [-0.05, 0) is 40.2 Å². The molecule has 0 atom stereocenters. The van der Waals surface area contributed by atoms with Crippen molar-refractivity contribution in [2.45, 2.75) is 13.3 Å². The van der Waals surface area contributed by atoms with Crippen molar-refractivity contribution in [3.8, 4) is 0 Å². The summed E-state index contributed by atoms with van der Waals surface area (Å²) in [4.78, 5) is 6.26. The second-order valence-electron chi connectivity index (χ2n) is 2.32. The summed E-state index contributed by atoms with van der Waals surface area (Å²) in [5.74, 6) is 0.